The van der Waals surface area contributed by atoms with Gasteiger partial charge in [-0.3, -0.25) is 4.79 Å². The molecule has 0 radical (unpaired) electrons. The first-order valence-corrected chi connectivity index (χ1v) is 2.17. The maximum atomic E-state index is 9.95. The molecule has 1 atom stereocenters. The number of rotatable bonds is 2. The van der Waals surface area contributed by atoms with Crippen molar-refractivity contribution in [2.24, 2.45) is 11.5 Å². The Morgan fingerprint density at radius 2 is 2.29 bits per heavy atom. The van der Waals surface area contributed by atoms with Gasteiger partial charge in [-0.1, -0.05) is 0 Å². The van der Waals surface area contributed by atoms with Crippen LogP contribution in [0.5, 0.6) is 0 Å². The van der Waals surface area contributed by atoms with Crippen molar-refractivity contribution < 1.29 is 4.79 Å². The van der Waals surface area contributed by atoms with E-state index >= 15 is 0 Å². The highest BCUT2D eigenvalue weighted by Gasteiger charge is 1.96. The minimum absolute atomic E-state index is 0.0995. The summed E-state index contributed by atoms with van der Waals surface area (Å²) in [5.41, 5.74) is 9.97. The Morgan fingerprint density at radius 3 is 2.29 bits per heavy atom. The molecule has 0 aliphatic rings. The largest absolute Gasteiger partial charge is 0.370 e. The molecule has 0 aromatic heterocycles. The van der Waals surface area contributed by atoms with Gasteiger partial charge in [0.15, 0.2) is 0 Å². The summed E-state index contributed by atoms with van der Waals surface area (Å²) in [6, 6.07) is -0.0995. The quantitative estimate of drug-likeness (QED) is 0.479. The van der Waals surface area contributed by atoms with Crippen molar-refractivity contribution in [3.8, 4) is 0 Å². The molecule has 3 heteroatoms. The van der Waals surface area contributed by atoms with Crippen molar-refractivity contribution in [3.63, 3.8) is 0 Å². The molecule has 0 heterocycles. The van der Waals surface area contributed by atoms with E-state index in [1.165, 1.54) is 0 Å². The SMILES string of the molecule is C[C@@H](N)CC(N)=O. The molecule has 0 rings (SSSR count). The monoisotopic (exact) mass is 102 g/mol. The second kappa shape index (κ2) is 2.58. The number of carbonyl (C=O) groups is 1. The first kappa shape index (κ1) is 6.43. The van der Waals surface area contributed by atoms with Crippen molar-refractivity contribution in [1.29, 1.82) is 0 Å². The van der Waals surface area contributed by atoms with Crippen LogP contribution in [0.25, 0.3) is 0 Å². The lowest BCUT2D eigenvalue weighted by Crippen LogP contribution is -2.24. The van der Waals surface area contributed by atoms with Gasteiger partial charge >= 0.3 is 0 Å². The molecule has 0 fully saturated rings. The molecule has 7 heavy (non-hydrogen) atoms. The highest BCUT2D eigenvalue weighted by atomic mass is 16.1. The Balaban J connectivity index is 3.13. The third kappa shape index (κ3) is 5.43. The normalized spacial score (nSPS) is 13.4. The van der Waals surface area contributed by atoms with Gasteiger partial charge < -0.3 is 11.5 Å². The van der Waals surface area contributed by atoms with E-state index in [4.69, 9.17) is 11.5 Å². The van der Waals surface area contributed by atoms with Gasteiger partial charge in [0.05, 0.1) is 0 Å². The van der Waals surface area contributed by atoms with Crippen LogP contribution in [0.1, 0.15) is 13.3 Å². The molecule has 0 aromatic carbocycles. The van der Waals surface area contributed by atoms with E-state index < -0.39 is 0 Å². The summed E-state index contributed by atoms with van der Waals surface area (Å²) in [6.07, 6.45) is 0.278. The van der Waals surface area contributed by atoms with E-state index in [9.17, 15) is 4.79 Å². The molecule has 0 aliphatic carbocycles. The van der Waals surface area contributed by atoms with Crippen molar-refractivity contribution in [2.75, 3.05) is 0 Å². The average Bonchev–Trinajstić information content (AvgIpc) is 1.27. The molecule has 0 spiro atoms. The van der Waals surface area contributed by atoms with Gasteiger partial charge in [-0.05, 0) is 6.92 Å². The molecule has 4 N–H and O–H groups in total. The predicted octanol–water partition coefficient (Wildman–Crippen LogP) is -0.791. The first-order valence-electron chi connectivity index (χ1n) is 2.17. The summed E-state index contributed by atoms with van der Waals surface area (Å²) >= 11 is 0. The Morgan fingerprint density at radius 1 is 1.86 bits per heavy atom. The van der Waals surface area contributed by atoms with Crippen LogP contribution in [0, 0.1) is 0 Å². The van der Waals surface area contributed by atoms with Crippen LogP contribution >= 0.6 is 0 Å². The number of hydrogen-bond donors (Lipinski definition) is 2. The van der Waals surface area contributed by atoms with E-state index in [1.807, 2.05) is 0 Å². The average molecular weight is 102 g/mol. The lowest BCUT2D eigenvalue weighted by atomic mass is 10.2. The molecule has 0 aliphatic heterocycles. The van der Waals surface area contributed by atoms with Crippen molar-refractivity contribution in [3.05, 3.63) is 0 Å². The molecular weight excluding hydrogens is 92.1 g/mol. The van der Waals surface area contributed by atoms with E-state index in [-0.39, 0.29) is 18.4 Å². The van der Waals surface area contributed by atoms with Gasteiger partial charge in [-0.2, -0.15) is 0 Å². The fourth-order valence-electron chi connectivity index (χ4n) is 0.317. The molecule has 3 nitrogen and oxygen atoms in total. The molecule has 1 amide bonds. The minimum Gasteiger partial charge on any atom is -0.370 e. The van der Waals surface area contributed by atoms with Gasteiger partial charge in [-0.25, -0.2) is 0 Å². The van der Waals surface area contributed by atoms with Crippen molar-refractivity contribution in [1.82, 2.24) is 0 Å². The van der Waals surface area contributed by atoms with E-state index in [0.717, 1.165) is 0 Å². The summed E-state index contributed by atoms with van der Waals surface area (Å²) in [7, 11) is 0. The van der Waals surface area contributed by atoms with Crippen LogP contribution in [-0.4, -0.2) is 11.9 Å². The highest BCUT2D eigenvalue weighted by molar-refractivity contribution is 5.74. The third-order valence-electron chi connectivity index (χ3n) is 0.523. The molecule has 42 valence electrons. The Kier molecular flexibility index (Phi) is 2.37. The summed E-state index contributed by atoms with van der Waals surface area (Å²) in [4.78, 5) is 9.95. The van der Waals surface area contributed by atoms with Crippen LogP contribution in [0.4, 0.5) is 0 Å². The molecule has 0 saturated carbocycles. The van der Waals surface area contributed by atoms with Crippen LogP contribution < -0.4 is 11.5 Å². The highest BCUT2D eigenvalue weighted by Crippen LogP contribution is 1.80. The van der Waals surface area contributed by atoms with E-state index in [0.29, 0.717) is 0 Å². The fourth-order valence-corrected chi connectivity index (χ4v) is 0.317. The van der Waals surface area contributed by atoms with E-state index in [2.05, 4.69) is 0 Å². The topological polar surface area (TPSA) is 69.1 Å². The summed E-state index contributed by atoms with van der Waals surface area (Å²) in [5.74, 6) is -0.338. The van der Waals surface area contributed by atoms with Gasteiger partial charge in [0.1, 0.15) is 0 Å². The smallest absolute Gasteiger partial charge is 0.218 e. The van der Waals surface area contributed by atoms with Gasteiger partial charge in [0.2, 0.25) is 5.91 Å². The molecule has 0 unspecified atom stereocenters. The molecule has 0 saturated heterocycles. The number of primary amides is 1. The predicted molar refractivity (Wildman–Crippen MR) is 27.5 cm³/mol. The summed E-state index contributed by atoms with van der Waals surface area (Å²) < 4.78 is 0. The number of carbonyl (C=O) groups excluding carboxylic acids is 1. The van der Waals surface area contributed by atoms with Crippen LogP contribution in [0.2, 0.25) is 0 Å². The molecule has 0 bridgehead atoms. The Labute approximate surface area is 42.7 Å². The van der Waals surface area contributed by atoms with Crippen molar-refractivity contribution >= 4 is 5.91 Å². The Hall–Kier alpha value is -0.570. The Bertz CT molecular complexity index is 70.1. The first-order chi connectivity index (χ1) is 3.13. The maximum absolute atomic E-state index is 9.95. The zero-order valence-electron chi connectivity index (χ0n) is 4.35. The fraction of sp³-hybridized carbons (Fsp3) is 0.750. The lowest BCUT2D eigenvalue weighted by Gasteiger charge is -1.96. The summed E-state index contributed by atoms with van der Waals surface area (Å²) in [6.45, 7) is 1.74. The van der Waals surface area contributed by atoms with Crippen LogP contribution in [0.15, 0.2) is 0 Å². The van der Waals surface area contributed by atoms with Gasteiger partial charge in [0, 0.05) is 12.5 Å². The number of nitrogens with two attached hydrogens (primary N) is 2. The van der Waals surface area contributed by atoms with Gasteiger partial charge in [0.25, 0.3) is 0 Å². The lowest BCUT2D eigenvalue weighted by molar-refractivity contribution is -0.118. The molecule has 0 aromatic rings. The number of amides is 1. The standard InChI is InChI=1S/C4H10N2O/c1-3(5)2-4(6)7/h3H,2,5H2,1H3,(H2,6,7)/t3-/m1/s1. The number of hydrogen-bond acceptors (Lipinski definition) is 2. The third-order valence-corrected chi connectivity index (χ3v) is 0.523. The second-order valence-electron chi connectivity index (χ2n) is 1.65. The zero-order chi connectivity index (χ0) is 5.86. The molecular formula is C4H10N2O. The zero-order valence-corrected chi connectivity index (χ0v) is 4.35. The second-order valence-corrected chi connectivity index (χ2v) is 1.65. The van der Waals surface area contributed by atoms with Crippen LogP contribution in [-0.2, 0) is 4.79 Å². The van der Waals surface area contributed by atoms with Gasteiger partial charge in [-0.15, -0.1) is 0 Å². The van der Waals surface area contributed by atoms with Crippen LogP contribution in [0.3, 0.4) is 0 Å². The maximum Gasteiger partial charge on any atom is 0.218 e. The van der Waals surface area contributed by atoms with Crippen molar-refractivity contribution in [2.45, 2.75) is 19.4 Å². The van der Waals surface area contributed by atoms with E-state index in [1.54, 1.807) is 6.92 Å². The summed E-state index contributed by atoms with van der Waals surface area (Å²) in [5, 5.41) is 0. The minimum atomic E-state index is -0.338.